The van der Waals surface area contributed by atoms with Crippen LogP contribution in [0, 0.1) is 0 Å². The third-order valence-corrected chi connectivity index (χ3v) is 3.16. The van der Waals surface area contributed by atoms with Crippen LogP contribution in [0.25, 0.3) is 0 Å². The minimum absolute atomic E-state index is 0.0762. The Bertz CT molecular complexity index is 413. The molecule has 2 unspecified atom stereocenters. The predicted octanol–water partition coefficient (Wildman–Crippen LogP) is 1.78. The van der Waals surface area contributed by atoms with Gasteiger partial charge in [-0.1, -0.05) is 6.92 Å². The van der Waals surface area contributed by atoms with Gasteiger partial charge < -0.3 is 14.8 Å². The van der Waals surface area contributed by atoms with Crippen molar-refractivity contribution < 1.29 is 14.3 Å². The molecule has 1 amide bonds. The van der Waals surface area contributed by atoms with Crippen molar-refractivity contribution in [2.24, 2.45) is 0 Å². The normalized spacial score (nSPS) is 20.0. The Morgan fingerprint density at radius 3 is 3.05 bits per heavy atom. The molecule has 0 spiro atoms. The number of nitrogens with one attached hydrogen (secondary N) is 1. The number of hydrogen-bond acceptors (Lipinski definition) is 4. The van der Waals surface area contributed by atoms with Gasteiger partial charge in [-0.2, -0.15) is 0 Å². The van der Waals surface area contributed by atoms with Crippen LogP contribution in [-0.4, -0.2) is 36.3 Å². The Balaban J connectivity index is 1.91. The lowest BCUT2D eigenvalue weighted by Crippen LogP contribution is -2.31. The SMILES string of the molecule is CCC(C)NC(=O)c1ccc(OC2CCOC2)nc1. The van der Waals surface area contributed by atoms with Gasteiger partial charge in [0.1, 0.15) is 6.10 Å². The molecule has 2 atom stereocenters. The van der Waals surface area contributed by atoms with Crippen molar-refractivity contribution in [3.05, 3.63) is 23.9 Å². The van der Waals surface area contributed by atoms with Crippen molar-refractivity contribution in [2.75, 3.05) is 13.2 Å². The topological polar surface area (TPSA) is 60.5 Å². The zero-order chi connectivity index (χ0) is 13.7. The van der Waals surface area contributed by atoms with E-state index >= 15 is 0 Å². The third-order valence-electron chi connectivity index (χ3n) is 3.16. The van der Waals surface area contributed by atoms with Gasteiger partial charge in [-0.05, 0) is 19.4 Å². The molecular weight excluding hydrogens is 244 g/mol. The maximum Gasteiger partial charge on any atom is 0.253 e. The van der Waals surface area contributed by atoms with E-state index in [1.54, 1.807) is 18.3 Å². The van der Waals surface area contributed by atoms with Crippen LogP contribution >= 0.6 is 0 Å². The van der Waals surface area contributed by atoms with E-state index in [-0.39, 0.29) is 18.1 Å². The molecule has 19 heavy (non-hydrogen) atoms. The molecule has 104 valence electrons. The molecule has 1 aliphatic heterocycles. The van der Waals surface area contributed by atoms with E-state index < -0.39 is 0 Å². The lowest BCUT2D eigenvalue weighted by molar-refractivity contribution is 0.0938. The van der Waals surface area contributed by atoms with E-state index in [0.717, 1.165) is 19.4 Å². The summed E-state index contributed by atoms with van der Waals surface area (Å²) >= 11 is 0. The van der Waals surface area contributed by atoms with E-state index in [2.05, 4.69) is 10.3 Å². The molecule has 0 saturated carbocycles. The Morgan fingerprint density at radius 1 is 1.63 bits per heavy atom. The number of carbonyl (C=O) groups excluding carboxylic acids is 1. The molecule has 0 aliphatic carbocycles. The molecule has 1 saturated heterocycles. The average molecular weight is 264 g/mol. The number of amides is 1. The number of ether oxygens (including phenoxy) is 2. The highest BCUT2D eigenvalue weighted by Crippen LogP contribution is 2.14. The van der Waals surface area contributed by atoms with Gasteiger partial charge in [-0.25, -0.2) is 4.98 Å². The summed E-state index contributed by atoms with van der Waals surface area (Å²) in [6, 6.07) is 3.62. The summed E-state index contributed by atoms with van der Waals surface area (Å²) < 4.78 is 10.9. The van der Waals surface area contributed by atoms with Crippen LogP contribution < -0.4 is 10.1 Å². The molecular formula is C14H20N2O3. The maximum absolute atomic E-state index is 11.9. The second kappa shape index (κ2) is 6.52. The minimum Gasteiger partial charge on any atom is -0.472 e. The largest absolute Gasteiger partial charge is 0.472 e. The van der Waals surface area contributed by atoms with E-state index in [0.29, 0.717) is 18.1 Å². The van der Waals surface area contributed by atoms with Crippen LogP contribution in [0.3, 0.4) is 0 Å². The number of rotatable bonds is 5. The van der Waals surface area contributed by atoms with Crippen LogP contribution in [0.2, 0.25) is 0 Å². The predicted molar refractivity (Wildman–Crippen MR) is 71.3 cm³/mol. The fourth-order valence-electron chi connectivity index (χ4n) is 1.77. The molecule has 5 heteroatoms. The molecule has 0 bridgehead atoms. The van der Waals surface area contributed by atoms with Crippen molar-refractivity contribution in [2.45, 2.75) is 38.8 Å². The maximum atomic E-state index is 11.9. The monoisotopic (exact) mass is 264 g/mol. The van der Waals surface area contributed by atoms with Crippen molar-refractivity contribution in [3.8, 4) is 5.88 Å². The number of hydrogen-bond donors (Lipinski definition) is 1. The Labute approximate surface area is 113 Å². The molecule has 5 nitrogen and oxygen atoms in total. The van der Waals surface area contributed by atoms with Gasteiger partial charge in [-0.3, -0.25) is 4.79 Å². The first kappa shape index (κ1) is 13.8. The standard InChI is InChI=1S/C14H20N2O3/c1-3-10(2)16-14(17)11-4-5-13(15-8-11)19-12-6-7-18-9-12/h4-5,8,10,12H,3,6-7,9H2,1-2H3,(H,16,17). The summed E-state index contributed by atoms with van der Waals surface area (Å²) in [6.07, 6.45) is 3.41. The molecule has 1 N–H and O–H groups in total. The lowest BCUT2D eigenvalue weighted by Gasteiger charge is -2.12. The van der Waals surface area contributed by atoms with Crippen molar-refractivity contribution in [3.63, 3.8) is 0 Å². The zero-order valence-electron chi connectivity index (χ0n) is 11.4. The van der Waals surface area contributed by atoms with E-state index in [9.17, 15) is 4.79 Å². The van der Waals surface area contributed by atoms with E-state index in [4.69, 9.17) is 9.47 Å². The molecule has 2 heterocycles. The van der Waals surface area contributed by atoms with Crippen LogP contribution in [-0.2, 0) is 4.74 Å². The highest BCUT2D eigenvalue weighted by molar-refractivity contribution is 5.94. The summed E-state index contributed by atoms with van der Waals surface area (Å²) in [5, 5.41) is 2.90. The van der Waals surface area contributed by atoms with E-state index in [1.165, 1.54) is 0 Å². The zero-order valence-corrected chi connectivity index (χ0v) is 11.4. The van der Waals surface area contributed by atoms with Crippen molar-refractivity contribution in [1.29, 1.82) is 0 Å². The second-order valence-electron chi connectivity index (χ2n) is 4.77. The first-order valence-electron chi connectivity index (χ1n) is 6.70. The van der Waals surface area contributed by atoms with Gasteiger partial charge in [0.05, 0.1) is 18.8 Å². The smallest absolute Gasteiger partial charge is 0.253 e. The first-order chi connectivity index (χ1) is 9.19. The van der Waals surface area contributed by atoms with Gasteiger partial charge in [0.25, 0.3) is 5.91 Å². The first-order valence-corrected chi connectivity index (χ1v) is 6.70. The van der Waals surface area contributed by atoms with Gasteiger partial charge in [0.15, 0.2) is 0 Å². The lowest BCUT2D eigenvalue weighted by atomic mass is 10.2. The number of pyridine rings is 1. The molecule has 0 aromatic carbocycles. The van der Waals surface area contributed by atoms with Crippen molar-refractivity contribution in [1.82, 2.24) is 10.3 Å². The molecule has 0 radical (unpaired) electrons. The van der Waals surface area contributed by atoms with Gasteiger partial charge >= 0.3 is 0 Å². The fourth-order valence-corrected chi connectivity index (χ4v) is 1.77. The van der Waals surface area contributed by atoms with Crippen LogP contribution in [0.5, 0.6) is 5.88 Å². The molecule has 1 aromatic rings. The van der Waals surface area contributed by atoms with Gasteiger partial charge in [-0.15, -0.1) is 0 Å². The van der Waals surface area contributed by atoms with E-state index in [1.807, 2.05) is 13.8 Å². The summed E-state index contributed by atoms with van der Waals surface area (Å²) in [5.74, 6) is 0.438. The Morgan fingerprint density at radius 2 is 2.47 bits per heavy atom. The quantitative estimate of drug-likeness (QED) is 0.880. The van der Waals surface area contributed by atoms with Crippen LogP contribution in [0.4, 0.5) is 0 Å². The van der Waals surface area contributed by atoms with Gasteiger partial charge in [0, 0.05) is 24.7 Å². The van der Waals surface area contributed by atoms with Gasteiger partial charge in [0.2, 0.25) is 5.88 Å². The fraction of sp³-hybridized carbons (Fsp3) is 0.571. The highest BCUT2D eigenvalue weighted by Gasteiger charge is 2.18. The highest BCUT2D eigenvalue weighted by atomic mass is 16.5. The second-order valence-corrected chi connectivity index (χ2v) is 4.77. The molecule has 2 rings (SSSR count). The summed E-state index contributed by atoms with van der Waals surface area (Å²) in [6.45, 7) is 5.35. The Hall–Kier alpha value is -1.62. The average Bonchev–Trinajstić information content (AvgIpc) is 2.92. The van der Waals surface area contributed by atoms with Crippen molar-refractivity contribution >= 4 is 5.91 Å². The minimum atomic E-state index is -0.0994. The van der Waals surface area contributed by atoms with Crippen LogP contribution in [0.15, 0.2) is 18.3 Å². The number of aromatic nitrogens is 1. The summed E-state index contributed by atoms with van der Waals surface area (Å²) in [4.78, 5) is 16.0. The van der Waals surface area contributed by atoms with Crippen LogP contribution in [0.1, 0.15) is 37.0 Å². The number of carbonyl (C=O) groups is 1. The molecule has 1 fully saturated rings. The summed E-state index contributed by atoms with van der Waals surface area (Å²) in [5.41, 5.74) is 0.551. The summed E-state index contributed by atoms with van der Waals surface area (Å²) in [7, 11) is 0. The molecule has 1 aromatic heterocycles. The Kier molecular flexibility index (Phi) is 4.74. The molecule has 1 aliphatic rings. The third kappa shape index (κ3) is 3.92. The number of nitrogens with zero attached hydrogens (tertiary/aromatic N) is 1.